The second-order valence-electron chi connectivity index (χ2n) is 18.7. The highest BCUT2D eigenvalue weighted by Gasteiger charge is 2.26. The Labute approximate surface area is 392 Å². The zero-order chi connectivity index (χ0) is 46.3. The molecule has 332 valence electrons. The van der Waals surface area contributed by atoms with Gasteiger partial charge in [-0.05, 0) is 129 Å². The lowest BCUT2D eigenvalue weighted by Gasteiger charge is -2.31. The van der Waals surface area contributed by atoms with Crippen LogP contribution in [0.25, 0.3) is 49.6 Å². The Morgan fingerprint density at radius 2 is 1.27 bits per heavy atom. The van der Waals surface area contributed by atoms with Crippen molar-refractivity contribution in [3.63, 3.8) is 0 Å². The molecule has 0 aliphatic heterocycles. The Kier molecular flexibility index (Phi) is 18.1. The third kappa shape index (κ3) is 12.8. The SMILES string of the molecule is C=C/C=C\C=C/C.CC.CCCc1ccccc1C1=CC(c2ccc(-c3ccc(C(C)(C)C)cc3)cc2)=C(C(C)(C)C)CC1.Cc1ccc(-c2cccc3c4c(sc23)C=CCC4)cc1. The number of aryl methyl sites for hydroxylation is 3. The maximum atomic E-state index is 3.51. The molecule has 1 heteroatoms. The van der Waals surface area contributed by atoms with Gasteiger partial charge in [0.2, 0.25) is 0 Å². The molecular weight excluding hydrogens is 789 g/mol. The molecule has 2 aliphatic carbocycles. The van der Waals surface area contributed by atoms with Crippen LogP contribution in [-0.2, 0) is 18.3 Å². The van der Waals surface area contributed by atoms with Crippen LogP contribution in [0.4, 0.5) is 0 Å². The fourth-order valence-corrected chi connectivity index (χ4v) is 9.83. The average molecular weight is 863 g/mol. The topological polar surface area (TPSA) is 0 Å². The number of thiophene rings is 1. The van der Waals surface area contributed by atoms with Crippen LogP contribution in [0.2, 0.25) is 0 Å². The van der Waals surface area contributed by atoms with Gasteiger partial charge in [-0.15, -0.1) is 11.3 Å². The van der Waals surface area contributed by atoms with Crippen molar-refractivity contribution in [3.8, 4) is 22.3 Å². The lowest BCUT2D eigenvalue weighted by molar-refractivity contribution is 0.485. The predicted molar refractivity (Wildman–Crippen MR) is 289 cm³/mol. The van der Waals surface area contributed by atoms with Gasteiger partial charge >= 0.3 is 0 Å². The quantitative estimate of drug-likeness (QED) is 0.134. The molecule has 5 aromatic carbocycles. The smallest absolute Gasteiger partial charge is 0.0430 e. The van der Waals surface area contributed by atoms with Crippen LogP contribution >= 0.6 is 11.3 Å². The Balaban J connectivity index is 0.000000222. The Morgan fingerprint density at radius 1 is 0.641 bits per heavy atom. The van der Waals surface area contributed by atoms with E-state index in [4.69, 9.17) is 0 Å². The average Bonchev–Trinajstić information content (AvgIpc) is 3.69. The third-order valence-corrected chi connectivity index (χ3v) is 13.2. The van der Waals surface area contributed by atoms with Crippen LogP contribution in [-0.4, -0.2) is 0 Å². The first-order valence-electron chi connectivity index (χ1n) is 23.7. The normalized spacial score (nSPS) is 13.6. The molecule has 2 aliphatic rings. The molecule has 6 aromatic rings. The molecule has 0 spiro atoms. The van der Waals surface area contributed by atoms with E-state index in [0.717, 1.165) is 19.3 Å². The summed E-state index contributed by atoms with van der Waals surface area (Å²) in [5, 5.41) is 1.45. The molecular formula is C63H74S. The molecule has 0 saturated heterocycles. The standard InChI is InChI=1S/C35H42.C19H16S.C7H10.C2H6/c1-8-11-27-12-9-10-13-31(27)29-20-23-33(35(5,6)7)32(24-29)28-16-14-25(15-17-28)26-18-21-30(22-19-26)34(2,3)4;1-13-9-11-14(12-10-13)15-6-4-7-17-16-5-2-3-8-18(16)20-19(15)17;1-3-5-7-6-4-2;1-2/h9-10,12-19,21-22,24H,8,11,20,23H2,1-7H3;3-4,6-12H,2,5H2,1H3;3-7H,1H2,2H3;1-2H3/b;;6-4-,7-5-;. The number of hydrogen-bond donors (Lipinski definition) is 0. The number of hydrogen-bond acceptors (Lipinski definition) is 1. The molecule has 0 bridgehead atoms. The van der Waals surface area contributed by atoms with Crippen LogP contribution in [0.5, 0.6) is 0 Å². The van der Waals surface area contributed by atoms with Gasteiger partial charge in [-0.3, -0.25) is 0 Å². The van der Waals surface area contributed by atoms with Gasteiger partial charge in [0, 0.05) is 9.58 Å². The maximum Gasteiger partial charge on any atom is 0.0430 e. The molecule has 0 N–H and O–H groups in total. The first kappa shape index (κ1) is 49.5. The molecule has 0 unspecified atom stereocenters. The minimum atomic E-state index is 0.155. The largest absolute Gasteiger partial charge is 0.135 e. The highest BCUT2D eigenvalue weighted by molar-refractivity contribution is 7.20. The summed E-state index contributed by atoms with van der Waals surface area (Å²) < 4.78 is 1.44. The molecule has 64 heavy (non-hydrogen) atoms. The Bertz CT molecular complexity index is 2580. The predicted octanol–water partition coefficient (Wildman–Crippen LogP) is 19.4. The Hall–Kier alpha value is -5.50. The minimum Gasteiger partial charge on any atom is -0.135 e. The van der Waals surface area contributed by atoms with Crippen LogP contribution in [0.15, 0.2) is 170 Å². The summed E-state index contributed by atoms with van der Waals surface area (Å²) in [5.74, 6) is 0. The van der Waals surface area contributed by atoms with Gasteiger partial charge < -0.3 is 0 Å². The third-order valence-electron chi connectivity index (χ3n) is 11.9. The van der Waals surface area contributed by atoms with Crippen molar-refractivity contribution in [3.05, 3.63) is 208 Å². The first-order valence-corrected chi connectivity index (χ1v) is 24.6. The fraction of sp³-hybridized carbons (Fsp3) is 0.302. The molecule has 0 radical (unpaired) electrons. The van der Waals surface area contributed by atoms with Crippen molar-refractivity contribution in [1.82, 2.24) is 0 Å². The van der Waals surface area contributed by atoms with E-state index >= 15 is 0 Å². The summed E-state index contributed by atoms with van der Waals surface area (Å²) in [4.78, 5) is 1.45. The highest BCUT2D eigenvalue weighted by Crippen LogP contribution is 2.44. The van der Waals surface area contributed by atoms with E-state index in [2.05, 4.69) is 195 Å². The van der Waals surface area contributed by atoms with Crippen molar-refractivity contribution >= 4 is 38.6 Å². The van der Waals surface area contributed by atoms with E-state index in [-0.39, 0.29) is 10.8 Å². The second kappa shape index (κ2) is 23.4. The summed E-state index contributed by atoms with van der Waals surface area (Å²) in [7, 11) is 0. The minimum absolute atomic E-state index is 0.155. The molecule has 0 fully saturated rings. The van der Waals surface area contributed by atoms with E-state index < -0.39 is 0 Å². The van der Waals surface area contributed by atoms with Gasteiger partial charge in [0.15, 0.2) is 0 Å². The van der Waals surface area contributed by atoms with Gasteiger partial charge in [0.25, 0.3) is 0 Å². The van der Waals surface area contributed by atoms with Crippen LogP contribution in [0.1, 0.15) is 133 Å². The summed E-state index contributed by atoms with van der Waals surface area (Å²) >= 11 is 1.94. The fourth-order valence-electron chi connectivity index (χ4n) is 8.52. The lowest BCUT2D eigenvalue weighted by Crippen LogP contribution is -2.14. The maximum absolute atomic E-state index is 3.51. The van der Waals surface area contributed by atoms with Crippen LogP contribution in [0.3, 0.4) is 0 Å². The van der Waals surface area contributed by atoms with E-state index in [9.17, 15) is 0 Å². The summed E-state index contributed by atoms with van der Waals surface area (Å²) in [6.45, 7) is 27.8. The van der Waals surface area contributed by atoms with Gasteiger partial charge in [0.05, 0.1) is 0 Å². The van der Waals surface area contributed by atoms with Gasteiger partial charge in [0.1, 0.15) is 0 Å². The molecule has 1 heterocycles. The number of allylic oxidation sites excluding steroid dienone is 10. The van der Waals surface area contributed by atoms with Gasteiger partial charge in [-0.25, -0.2) is 0 Å². The lowest BCUT2D eigenvalue weighted by atomic mass is 9.74. The van der Waals surface area contributed by atoms with E-state index in [1.807, 2.05) is 56.4 Å². The molecule has 0 amide bonds. The summed E-state index contributed by atoms with van der Waals surface area (Å²) in [6.07, 6.45) is 23.5. The van der Waals surface area contributed by atoms with Crippen molar-refractivity contribution in [2.75, 3.05) is 0 Å². The summed E-state index contributed by atoms with van der Waals surface area (Å²) in [6, 6.07) is 42.9. The first-order chi connectivity index (χ1) is 30.8. The zero-order valence-corrected chi connectivity index (χ0v) is 41.8. The number of benzene rings is 5. The zero-order valence-electron chi connectivity index (χ0n) is 40.9. The van der Waals surface area contributed by atoms with Crippen molar-refractivity contribution in [1.29, 1.82) is 0 Å². The van der Waals surface area contributed by atoms with E-state index in [0.29, 0.717) is 0 Å². The monoisotopic (exact) mass is 863 g/mol. The molecule has 0 saturated carbocycles. The van der Waals surface area contributed by atoms with Crippen molar-refractivity contribution in [2.24, 2.45) is 5.41 Å². The van der Waals surface area contributed by atoms with Crippen molar-refractivity contribution < 1.29 is 0 Å². The Morgan fingerprint density at radius 3 is 1.89 bits per heavy atom. The molecule has 1 aromatic heterocycles. The summed E-state index contributed by atoms with van der Waals surface area (Å²) in [5.41, 5.74) is 18.5. The van der Waals surface area contributed by atoms with E-state index in [1.54, 1.807) is 17.2 Å². The second-order valence-corrected chi connectivity index (χ2v) is 19.8. The number of fused-ring (bicyclic) bond motifs is 3. The van der Waals surface area contributed by atoms with Crippen molar-refractivity contribution in [2.45, 2.75) is 120 Å². The number of rotatable bonds is 8. The molecule has 0 nitrogen and oxygen atoms in total. The van der Waals surface area contributed by atoms with Gasteiger partial charge in [-0.1, -0.05) is 244 Å². The molecule has 0 atom stereocenters. The van der Waals surface area contributed by atoms with Gasteiger partial charge in [-0.2, -0.15) is 0 Å². The van der Waals surface area contributed by atoms with Crippen LogP contribution in [0, 0.1) is 12.3 Å². The van der Waals surface area contributed by atoms with Crippen LogP contribution < -0.4 is 0 Å². The van der Waals surface area contributed by atoms with E-state index in [1.165, 1.54) is 95.4 Å². The highest BCUT2D eigenvalue weighted by atomic mass is 32.1. The molecule has 8 rings (SSSR count).